The van der Waals surface area contributed by atoms with Crippen molar-refractivity contribution in [1.29, 1.82) is 0 Å². The van der Waals surface area contributed by atoms with Gasteiger partial charge in [-0.1, -0.05) is 23.7 Å². The first-order valence-electron chi connectivity index (χ1n) is 10.5. The van der Waals surface area contributed by atoms with Crippen LogP contribution in [0.2, 0.25) is 5.02 Å². The molecular formula is C24H16ClF3N4O5. The third-order valence-electron chi connectivity index (χ3n) is 5.34. The van der Waals surface area contributed by atoms with Crippen molar-refractivity contribution < 1.29 is 33.0 Å². The molecule has 37 heavy (non-hydrogen) atoms. The van der Waals surface area contributed by atoms with Crippen molar-refractivity contribution in [2.45, 2.75) is 18.6 Å². The van der Waals surface area contributed by atoms with Crippen molar-refractivity contribution >= 4 is 34.4 Å². The number of halogens is 4. The van der Waals surface area contributed by atoms with Gasteiger partial charge in [-0.3, -0.25) is 9.59 Å². The number of alkyl halides is 3. The summed E-state index contributed by atoms with van der Waals surface area (Å²) in [5.41, 5.74) is 1.29. The maximum atomic E-state index is 13.4. The smallest absolute Gasteiger partial charge is 0.490 e. The number of hydrogen-bond donors (Lipinski definition) is 3. The number of aromatic nitrogens is 3. The molecule has 5 rings (SSSR count). The van der Waals surface area contributed by atoms with Crippen molar-refractivity contribution in [3.8, 4) is 11.6 Å². The van der Waals surface area contributed by atoms with Gasteiger partial charge in [-0.25, -0.2) is 19.3 Å². The van der Waals surface area contributed by atoms with Crippen molar-refractivity contribution in [3.05, 3.63) is 93.1 Å². The van der Waals surface area contributed by atoms with Crippen LogP contribution in [0.1, 0.15) is 27.8 Å². The summed E-state index contributed by atoms with van der Waals surface area (Å²) in [6.45, 7) is 0. The van der Waals surface area contributed by atoms with Crippen LogP contribution in [0.25, 0.3) is 16.7 Å². The second kappa shape index (κ2) is 9.90. The van der Waals surface area contributed by atoms with E-state index >= 15 is 0 Å². The lowest BCUT2D eigenvalue weighted by atomic mass is 10.0. The lowest BCUT2D eigenvalue weighted by Crippen LogP contribution is -2.32. The number of carboxylic acids is 1. The van der Waals surface area contributed by atoms with E-state index in [4.69, 9.17) is 26.5 Å². The molecule has 3 heterocycles. The highest BCUT2D eigenvalue weighted by molar-refractivity contribution is 6.31. The molecule has 0 spiro atoms. The summed E-state index contributed by atoms with van der Waals surface area (Å²) in [6.07, 6.45) is -3.17. The van der Waals surface area contributed by atoms with Crippen molar-refractivity contribution in [2.24, 2.45) is 0 Å². The van der Waals surface area contributed by atoms with Crippen LogP contribution in [0.3, 0.4) is 0 Å². The van der Waals surface area contributed by atoms with E-state index in [1.54, 1.807) is 54.6 Å². The quantitative estimate of drug-likeness (QED) is 0.357. The van der Waals surface area contributed by atoms with Crippen molar-refractivity contribution in [2.75, 3.05) is 0 Å². The van der Waals surface area contributed by atoms with Gasteiger partial charge in [-0.05, 0) is 54.4 Å². The minimum Gasteiger partial charge on any atom is -0.508 e. The Morgan fingerprint density at radius 3 is 2.43 bits per heavy atom. The third-order valence-corrected chi connectivity index (χ3v) is 5.57. The molecule has 2 aromatic carbocycles. The number of carbonyl (C=O) groups is 2. The number of aromatic hydroxyl groups is 1. The number of phenolic OH excluding ortho intramolecular Hbond substituents is 1. The molecule has 3 N–H and O–H groups in total. The number of benzene rings is 2. The zero-order valence-corrected chi connectivity index (χ0v) is 19.3. The molecule has 0 fully saturated rings. The normalized spacial score (nSPS) is 14.5. The summed E-state index contributed by atoms with van der Waals surface area (Å²) in [6, 6.07) is 14.2. The molecular weight excluding hydrogens is 517 g/mol. The van der Waals surface area contributed by atoms with Gasteiger partial charge in [0, 0.05) is 11.2 Å². The topological polar surface area (TPSA) is 134 Å². The Hall–Kier alpha value is -4.45. The Morgan fingerprint density at radius 2 is 1.78 bits per heavy atom. The molecule has 0 saturated carbocycles. The molecule has 9 nitrogen and oxygen atoms in total. The first kappa shape index (κ1) is 25.6. The van der Waals surface area contributed by atoms with Crippen LogP contribution >= 0.6 is 11.6 Å². The highest BCUT2D eigenvalue weighted by atomic mass is 35.5. The summed E-state index contributed by atoms with van der Waals surface area (Å²) in [5, 5.41) is 20.5. The average Bonchev–Trinajstić information content (AvgIpc) is 2.95. The zero-order chi connectivity index (χ0) is 26.9. The molecule has 4 aromatic rings. The fourth-order valence-corrected chi connectivity index (χ4v) is 3.84. The van der Waals surface area contributed by atoms with Gasteiger partial charge in [-0.2, -0.15) is 13.2 Å². The zero-order valence-electron chi connectivity index (χ0n) is 18.5. The van der Waals surface area contributed by atoms with Crippen LogP contribution in [0.5, 0.6) is 5.75 Å². The Morgan fingerprint density at radius 1 is 1.11 bits per heavy atom. The molecule has 1 unspecified atom stereocenters. The van der Waals surface area contributed by atoms with Crippen LogP contribution in [0.15, 0.2) is 65.6 Å². The Labute approximate surface area is 210 Å². The van der Waals surface area contributed by atoms with Crippen LogP contribution < -0.4 is 10.9 Å². The Kier molecular flexibility index (Phi) is 6.86. The molecule has 0 saturated heterocycles. The summed E-state index contributed by atoms with van der Waals surface area (Å²) < 4.78 is 33.1. The largest absolute Gasteiger partial charge is 0.508 e. The third kappa shape index (κ3) is 5.38. The number of fused-ring (bicyclic) bond motifs is 4. The minimum absolute atomic E-state index is 0.149. The summed E-state index contributed by atoms with van der Waals surface area (Å²) in [7, 11) is 0. The first-order valence-corrected chi connectivity index (χ1v) is 10.9. The standard InChI is InChI=1S/C22H15ClN4O3.C2HF3O2/c23-13-5-8-15-17(11-13)25-20-18(10-12-3-6-14(28)7-4-12)26-21(29)16-2-1-9-24-19(16)27(20)22(15)30;3-2(4,5)1(6)7/h1-9,11,18,28H,10H2,(H,26,29);(H,6,7). The van der Waals surface area contributed by atoms with Crippen molar-refractivity contribution in [1.82, 2.24) is 19.9 Å². The fourth-order valence-electron chi connectivity index (χ4n) is 3.68. The van der Waals surface area contributed by atoms with Crippen molar-refractivity contribution in [3.63, 3.8) is 0 Å². The van der Waals surface area contributed by atoms with E-state index < -0.39 is 18.2 Å². The molecule has 1 aliphatic heterocycles. The predicted molar refractivity (Wildman–Crippen MR) is 126 cm³/mol. The highest BCUT2D eigenvalue weighted by Crippen LogP contribution is 2.27. The lowest BCUT2D eigenvalue weighted by Gasteiger charge is -2.19. The monoisotopic (exact) mass is 532 g/mol. The van der Waals surface area contributed by atoms with Gasteiger partial charge in [0.05, 0.1) is 22.5 Å². The van der Waals surface area contributed by atoms with Gasteiger partial charge < -0.3 is 15.5 Å². The number of phenols is 1. The Bertz CT molecular complexity index is 1570. The van der Waals surface area contributed by atoms with E-state index in [1.807, 2.05) is 0 Å². The SMILES string of the molecule is O=C(O)C(F)(F)F.O=C1NC(Cc2ccc(O)cc2)c2nc3cc(Cl)ccc3c(=O)n2-c2ncccc21. The number of aliphatic carboxylic acids is 1. The number of carbonyl (C=O) groups excluding carboxylic acids is 1. The second-order valence-corrected chi connectivity index (χ2v) is 8.28. The maximum Gasteiger partial charge on any atom is 0.490 e. The number of pyridine rings is 1. The maximum absolute atomic E-state index is 13.4. The van der Waals surface area contributed by atoms with E-state index in [9.17, 15) is 27.9 Å². The lowest BCUT2D eigenvalue weighted by molar-refractivity contribution is -0.192. The molecule has 1 aliphatic rings. The average molecular weight is 533 g/mol. The molecule has 0 bridgehead atoms. The van der Waals surface area contributed by atoms with Gasteiger partial charge in [0.2, 0.25) is 0 Å². The highest BCUT2D eigenvalue weighted by Gasteiger charge is 2.38. The van der Waals surface area contributed by atoms with E-state index in [1.165, 1.54) is 10.8 Å². The van der Waals surface area contributed by atoms with Crippen LogP contribution in [-0.4, -0.2) is 42.8 Å². The van der Waals surface area contributed by atoms with Gasteiger partial charge in [0.15, 0.2) is 5.82 Å². The number of rotatable bonds is 2. The molecule has 190 valence electrons. The molecule has 0 radical (unpaired) electrons. The number of hydrogen-bond acceptors (Lipinski definition) is 6. The Balaban J connectivity index is 0.000000405. The van der Waals surface area contributed by atoms with E-state index in [-0.39, 0.29) is 23.0 Å². The van der Waals surface area contributed by atoms with Crippen LogP contribution in [0.4, 0.5) is 13.2 Å². The number of nitrogens with one attached hydrogen (secondary N) is 1. The number of carboxylic acid groups (broad SMARTS) is 1. The molecule has 13 heteroatoms. The molecule has 1 amide bonds. The van der Waals surface area contributed by atoms with Gasteiger partial charge in [0.1, 0.15) is 11.6 Å². The number of nitrogens with zero attached hydrogens (tertiary/aromatic N) is 3. The molecule has 2 aromatic heterocycles. The van der Waals surface area contributed by atoms with Gasteiger partial charge in [-0.15, -0.1) is 0 Å². The fraction of sp³-hybridized carbons (Fsp3) is 0.125. The van der Waals surface area contributed by atoms with Gasteiger partial charge >= 0.3 is 12.1 Å². The molecule has 0 aliphatic carbocycles. The minimum atomic E-state index is -5.08. The predicted octanol–water partition coefficient (Wildman–Crippen LogP) is 3.80. The van der Waals surface area contributed by atoms with Crippen LogP contribution in [-0.2, 0) is 11.2 Å². The summed E-state index contributed by atoms with van der Waals surface area (Å²) in [5.74, 6) is -2.33. The molecule has 1 atom stereocenters. The first-order chi connectivity index (χ1) is 17.5. The van der Waals surface area contributed by atoms with E-state index in [0.29, 0.717) is 33.7 Å². The summed E-state index contributed by atoms with van der Waals surface area (Å²) >= 11 is 6.12. The second-order valence-electron chi connectivity index (χ2n) is 7.85. The van der Waals surface area contributed by atoms with E-state index in [0.717, 1.165) is 5.56 Å². The summed E-state index contributed by atoms with van der Waals surface area (Å²) in [4.78, 5) is 44.3. The number of amides is 1. The van der Waals surface area contributed by atoms with E-state index in [2.05, 4.69) is 10.3 Å². The van der Waals surface area contributed by atoms with Gasteiger partial charge in [0.25, 0.3) is 11.5 Å². The van der Waals surface area contributed by atoms with Crippen LogP contribution in [0, 0.1) is 0 Å².